The minimum atomic E-state index is 0.710. The molecule has 1 heterocycles. The number of hydrogen-bond acceptors (Lipinski definition) is 1. The Hall–Kier alpha value is -0.301. The fourth-order valence-corrected chi connectivity index (χ4v) is 10.3. The summed E-state index contributed by atoms with van der Waals surface area (Å²) in [6, 6.07) is 11.4. The minimum absolute atomic E-state index is 0.710. The molecule has 0 aliphatic carbocycles. The second-order valence-electron chi connectivity index (χ2n) is 4.31. The van der Waals surface area contributed by atoms with Gasteiger partial charge in [-0.05, 0) is 0 Å². The van der Waals surface area contributed by atoms with Crippen molar-refractivity contribution >= 4 is 46.0 Å². The Labute approximate surface area is 107 Å². The summed E-state index contributed by atoms with van der Waals surface area (Å²) in [5.41, 5.74) is 1.55. The molecule has 3 rings (SSSR count). The Balaban J connectivity index is 2.22. The number of benzene rings is 2. The maximum absolute atomic E-state index is 2.32. The van der Waals surface area contributed by atoms with Crippen molar-refractivity contribution in [2.24, 2.45) is 0 Å². The van der Waals surface area contributed by atoms with E-state index >= 15 is 0 Å². The van der Waals surface area contributed by atoms with Gasteiger partial charge in [0.25, 0.3) is 0 Å². The van der Waals surface area contributed by atoms with Gasteiger partial charge in [-0.2, -0.15) is 0 Å². The molecule has 0 N–H and O–H groups in total. The molecule has 0 spiro atoms. The van der Waals surface area contributed by atoms with Crippen molar-refractivity contribution < 1.29 is 0 Å². The summed E-state index contributed by atoms with van der Waals surface area (Å²) in [7, 11) is 4.30. The Bertz CT molecular complexity index is 549. The van der Waals surface area contributed by atoms with E-state index in [2.05, 4.69) is 49.3 Å². The van der Waals surface area contributed by atoms with Crippen molar-refractivity contribution in [2.75, 3.05) is 14.1 Å². The van der Waals surface area contributed by atoms with Crippen LogP contribution in [0.5, 0.6) is 0 Å². The van der Waals surface area contributed by atoms with Crippen LogP contribution in [0.4, 0.5) is 0 Å². The van der Waals surface area contributed by atoms with Crippen molar-refractivity contribution in [1.82, 2.24) is 4.90 Å². The molecule has 2 aromatic rings. The van der Waals surface area contributed by atoms with E-state index in [-0.39, 0.29) is 0 Å². The second-order valence-corrected chi connectivity index (χ2v) is 10.4. The predicted molar refractivity (Wildman–Crippen MR) is 72.1 cm³/mol. The monoisotopic (exact) mass is 343 g/mol. The van der Waals surface area contributed by atoms with E-state index in [1.807, 2.05) is 0 Å². The van der Waals surface area contributed by atoms with Crippen molar-refractivity contribution in [1.29, 1.82) is 0 Å². The van der Waals surface area contributed by atoms with Gasteiger partial charge in [0.2, 0.25) is 0 Å². The van der Waals surface area contributed by atoms with Crippen molar-refractivity contribution in [3.05, 3.63) is 35.9 Å². The van der Waals surface area contributed by atoms with E-state index in [0.717, 1.165) is 19.7 Å². The summed E-state index contributed by atoms with van der Waals surface area (Å²) in [5.74, 6) is 0. The summed E-state index contributed by atoms with van der Waals surface area (Å²) >= 11 is 1.43. The molecule has 1 aliphatic heterocycles. The fraction of sp³-hybridized carbons (Fsp3) is 0.231. The zero-order chi connectivity index (χ0) is 11.1. The molecule has 0 saturated heterocycles. The van der Waals surface area contributed by atoms with Crippen LogP contribution in [-0.4, -0.2) is 45.3 Å². The number of rotatable bonds is 2. The van der Waals surface area contributed by atoms with Gasteiger partial charge in [-0.1, -0.05) is 0 Å². The van der Waals surface area contributed by atoms with Crippen molar-refractivity contribution in [3.63, 3.8) is 0 Å². The Morgan fingerprint density at radius 1 is 1.06 bits per heavy atom. The van der Waals surface area contributed by atoms with Crippen LogP contribution in [0.3, 0.4) is 0 Å². The molecule has 0 saturated carbocycles. The average molecular weight is 341 g/mol. The molecule has 1 aliphatic rings. The van der Waals surface area contributed by atoms with Crippen molar-refractivity contribution in [3.8, 4) is 0 Å². The predicted octanol–water partition coefficient (Wildman–Crippen LogP) is 0.489. The van der Waals surface area contributed by atoms with Gasteiger partial charge in [-0.3, -0.25) is 0 Å². The Morgan fingerprint density at radius 3 is 2.75 bits per heavy atom. The number of hydrogen-bond donors (Lipinski definition) is 0. The van der Waals surface area contributed by atoms with E-state index in [9.17, 15) is 0 Å². The van der Waals surface area contributed by atoms with Crippen LogP contribution in [0.1, 0.15) is 5.56 Å². The number of nitrogens with zero attached hydrogens (tertiary/aromatic N) is 1. The molecule has 0 amide bonds. The van der Waals surface area contributed by atoms with Crippen molar-refractivity contribution in [2.45, 2.75) is 6.54 Å². The summed E-state index contributed by atoms with van der Waals surface area (Å²) in [6.45, 7) is 1.08. The third-order valence-corrected chi connectivity index (χ3v) is 10.0. The molecule has 3 heteroatoms. The quantitative estimate of drug-likeness (QED) is 0.719. The molecule has 2 aromatic carbocycles. The Kier molecular flexibility index (Phi) is 2.83. The van der Waals surface area contributed by atoms with Gasteiger partial charge in [0.1, 0.15) is 0 Å². The van der Waals surface area contributed by atoms with Gasteiger partial charge >= 0.3 is 107 Å². The van der Waals surface area contributed by atoms with E-state index in [1.54, 1.807) is 19.9 Å². The first-order chi connectivity index (χ1) is 7.75. The molecule has 0 unspecified atom stereocenters. The van der Waals surface area contributed by atoms with Crippen LogP contribution in [-0.2, 0) is 6.54 Å². The first-order valence-corrected chi connectivity index (χ1v) is 11.3. The fourth-order valence-electron chi connectivity index (χ4n) is 2.07. The van der Waals surface area contributed by atoms with E-state index < -0.39 is 0 Å². The summed E-state index contributed by atoms with van der Waals surface area (Å²) in [6.07, 6.45) is 0. The van der Waals surface area contributed by atoms with Gasteiger partial charge in [0, 0.05) is 0 Å². The molecule has 82 valence electrons. The summed E-state index contributed by atoms with van der Waals surface area (Å²) < 4.78 is 3.30. The van der Waals surface area contributed by atoms with Crippen LogP contribution >= 0.6 is 0 Å². The normalized spacial score (nSPS) is 13.9. The van der Waals surface area contributed by atoms with Gasteiger partial charge in [-0.15, -0.1) is 0 Å². The molecule has 16 heavy (non-hydrogen) atoms. The van der Waals surface area contributed by atoms with Crippen LogP contribution in [0, 0.1) is 0 Å². The molecule has 0 fully saturated rings. The van der Waals surface area contributed by atoms with Gasteiger partial charge in [0.05, 0.1) is 0 Å². The molecular weight excluding hydrogens is 328 g/mol. The second kappa shape index (κ2) is 4.18. The van der Waals surface area contributed by atoms with Gasteiger partial charge < -0.3 is 0 Å². The third kappa shape index (κ3) is 1.73. The van der Waals surface area contributed by atoms with Gasteiger partial charge in [-0.25, -0.2) is 0 Å². The van der Waals surface area contributed by atoms with E-state index in [0.29, 0.717) is 13.1 Å². The maximum atomic E-state index is 2.32. The van der Waals surface area contributed by atoms with Gasteiger partial charge in [0.15, 0.2) is 0 Å². The molecule has 0 bridgehead atoms. The first kappa shape index (κ1) is 10.8. The molecular formula is C13H13NSe2. The molecule has 0 radical (unpaired) electrons. The average Bonchev–Trinajstić information content (AvgIpc) is 2.68. The first-order valence-electron chi connectivity index (χ1n) is 5.29. The third-order valence-electron chi connectivity index (χ3n) is 2.74. The van der Waals surface area contributed by atoms with Crippen LogP contribution in [0.25, 0.3) is 10.8 Å². The van der Waals surface area contributed by atoms with E-state index in [4.69, 9.17) is 0 Å². The zero-order valence-corrected chi connectivity index (χ0v) is 12.8. The molecule has 0 atom stereocenters. The zero-order valence-electron chi connectivity index (χ0n) is 9.36. The SMILES string of the molecule is CN(C)Cc1ccc2cccc3c2c1[Se][Se]3. The van der Waals surface area contributed by atoms with Crippen LogP contribution in [0.15, 0.2) is 30.3 Å². The van der Waals surface area contributed by atoms with Crippen LogP contribution < -0.4 is 8.92 Å². The van der Waals surface area contributed by atoms with Crippen LogP contribution in [0.2, 0.25) is 0 Å². The summed E-state index contributed by atoms with van der Waals surface area (Å²) in [4.78, 5) is 2.27. The molecule has 0 aromatic heterocycles. The topological polar surface area (TPSA) is 3.24 Å². The Morgan fingerprint density at radius 2 is 1.94 bits per heavy atom. The summed E-state index contributed by atoms with van der Waals surface area (Å²) in [5, 5.41) is 3.03. The standard InChI is InChI=1S/C13H13NSe2/c1-14(2)8-10-7-6-9-4-3-5-11-12(9)13(10)16-15-11/h3-7H,8H2,1-2H3. The molecule has 1 nitrogen and oxygen atoms in total. The van der Waals surface area contributed by atoms with E-state index in [1.165, 1.54) is 5.39 Å².